The summed E-state index contributed by atoms with van der Waals surface area (Å²) in [4.78, 5) is 52.4. The van der Waals surface area contributed by atoms with Crippen LogP contribution in [0.15, 0.2) is 33.8 Å². The van der Waals surface area contributed by atoms with Crippen molar-refractivity contribution in [1.82, 2.24) is 30.5 Å². The fourth-order valence-corrected chi connectivity index (χ4v) is 6.89. The molecule has 15 heteroatoms. The maximum Gasteiger partial charge on any atom is 0.352 e. The van der Waals surface area contributed by atoms with E-state index in [-0.39, 0.29) is 5.70 Å². The van der Waals surface area contributed by atoms with Gasteiger partial charge in [-0.3, -0.25) is 14.5 Å². The lowest BCUT2D eigenvalue weighted by atomic mass is 10.0. The Morgan fingerprint density at radius 2 is 2.15 bits per heavy atom. The SMILES string of the molecule is Cc1nn(C)nc1SCC1=C(C(=O)O)N2C(=O)[C@@H](NC(=O)C(NC(N)=O)c3cccs3)C2SC1. The number of carboxylic acids is 1. The van der Waals surface area contributed by atoms with Gasteiger partial charge in [-0.15, -0.1) is 28.2 Å². The minimum Gasteiger partial charge on any atom is -0.477 e. The fourth-order valence-electron chi connectivity index (χ4n) is 3.67. The summed E-state index contributed by atoms with van der Waals surface area (Å²) in [6.45, 7) is 1.82. The van der Waals surface area contributed by atoms with Crippen molar-refractivity contribution in [3.8, 4) is 0 Å². The van der Waals surface area contributed by atoms with E-state index in [0.717, 1.165) is 5.69 Å². The second-order valence-electron chi connectivity index (χ2n) is 7.48. The first-order valence-corrected chi connectivity index (χ1v) is 12.9. The number of β-lactam (4-membered cyclic amide) rings is 1. The number of nitrogens with one attached hydrogen (secondary N) is 2. The number of hydrogen-bond acceptors (Lipinski definition) is 9. The predicted octanol–water partition coefficient (Wildman–Crippen LogP) is 0.425. The van der Waals surface area contributed by atoms with Crippen LogP contribution in [0.25, 0.3) is 0 Å². The van der Waals surface area contributed by atoms with Crippen LogP contribution < -0.4 is 16.4 Å². The van der Waals surface area contributed by atoms with Crippen molar-refractivity contribution in [1.29, 1.82) is 0 Å². The van der Waals surface area contributed by atoms with Gasteiger partial charge >= 0.3 is 12.0 Å². The average Bonchev–Trinajstić information content (AvgIpc) is 3.42. The zero-order valence-corrected chi connectivity index (χ0v) is 20.5. The van der Waals surface area contributed by atoms with Crippen LogP contribution in [0.4, 0.5) is 4.79 Å². The van der Waals surface area contributed by atoms with E-state index < -0.39 is 41.3 Å². The van der Waals surface area contributed by atoms with Gasteiger partial charge in [-0.25, -0.2) is 9.59 Å². The molecule has 34 heavy (non-hydrogen) atoms. The van der Waals surface area contributed by atoms with Crippen LogP contribution in [0, 0.1) is 6.92 Å². The summed E-state index contributed by atoms with van der Waals surface area (Å²) >= 11 is 3.98. The number of amides is 4. The molecule has 5 N–H and O–H groups in total. The van der Waals surface area contributed by atoms with Crippen molar-refractivity contribution in [2.75, 3.05) is 11.5 Å². The number of carbonyl (C=O) groups excluding carboxylic acids is 3. The van der Waals surface area contributed by atoms with Crippen LogP contribution >= 0.6 is 34.9 Å². The van der Waals surface area contributed by atoms with Gasteiger partial charge < -0.3 is 21.5 Å². The highest BCUT2D eigenvalue weighted by Gasteiger charge is 2.54. The number of primary amides is 1. The van der Waals surface area contributed by atoms with Gasteiger partial charge in [0.05, 0.1) is 5.69 Å². The maximum absolute atomic E-state index is 12.9. The second-order valence-corrected chi connectivity index (χ2v) is 10.5. The Morgan fingerprint density at radius 3 is 2.74 bits per heavy atom. The molecule has 0 bridgehead atoms. The molecule has 0 aliphatic carbocycles. The number of aliphatic carboxylic acids is 1. The fraction of sp³-hybridized carbons (Fsp3) is 0.368. The van der Waals surface area contributed by atoms with Crippen molar-refractivity contribution in [2.24, 2.45) is 12.8 Å². The molecule has 4 rings (SSSR count). The molecule has 2 aromatic rings. The Bertz CT molecular complexity index is 1180. The Hall–Kier alpha value is -3.04. The Morgan fingerprint density at radius 1 is 1.38 bits per heavy atom. The molecular weight excluding hydrogens is 502 g/mol. The van der Waals surface area contributed by atoms with E-state index in [1.807, 2.05) is 6.92 Å². The van der Waals surface area contributed by atoms with E-state index in [9.17, 15) is 24.3 Å². The summed E-state index contributed by atoms with van der Waals surface area (Å²) in [6, 6.07) is 0.550. The largest absolute Gasteiger partial charge is 0.477 e. The molecule has 0 radical (unpaired) electrons. The molecule has 4 amide bonds. The van der Waals surface area contributed by atoms with Gasteiger partial charge in [0, 0.05) is 23.4 Å². The number of thioether (sulfide) groups is 2. The highest BCUT2D eigenvalue weighted by atomic mass is 32.2. The summed E-state index contributed by atoms with van der Waals surface area (Å²) in [7, 11) is 1.70. The van der Waals surface area contributed by atoms with E-state index in [0.29, 0.717) is 27.0 Å². The van der Waals surface area contributed by atoms with E-state index in [4.69, 9.17) is 5.73 Å². The van der Waals surface area contributed by atoms with Crippen LogP contribution in [-0.2, 0) is 21.4 Å². The summed E-state index contributed by atoms with van der Waals surface area (Å²) in [5, 5.41) is 25.2. The van der Waals surface area contributed by atoms with Gasteiger partial charge in [0.2, 0.25) is 5.91 Å². The van der Waals surface area contributed by atoms with Crippen molar-refractivity contribution in [3.63, 3.8) is 0 Å². The Kier molecular flexibility index (Phi) is 6.86. The second kappa shape index (κ2) is 9.68. The standard InChI is InChI=1S/C19H21N7O5S3/c1-8-15(24-25(2)23-8)33-6-9-7-34-17-12(16(28)26(17)13(9)18(29)30)21-14(27)11(22-19(20)31)10-4-3-5-32-10/h3-5,11-12,17H,6-7H2,1-2H3,(H,21,27)(H,29,30)(H3,20,22,31)/t11?,12-,17?/m1/s1. The van der Waals surface area contributed by atoms with Gasteiger partial charge in [0.15, 0.2) is 0 Å². The van der Waals surface area contributed by atoms with Crippen molar-refractivity contribution in [3.05, 3.63) is 39.4 Å². The molecule has 2 aliphatic heterocycles. The Labute approximate surface area is 206 Å². The maximum atomic E-state index is 12.9. The summed E-state index contributed by atoms with van der Waals surface area (Å²) in [6.07, 6.45) is 0. The first-order chi connectivity index (χ1) is 16.2. The van der Waals surface area contributed by atoms with Crippen molar-refractivity contribution >= 4 is 58.7 Å². The van der Waals surface area contributed by atoms with Crippen molar-refractivity contribution in [2.45, 2.75) is 29.4 Å². The van der Waals surface area contributed by atoms with E-state index in [1.165, 1.54) is 44.6 Å². The first kappa shape index (κ1) is 24.1. The van der Waals surface area contributed by atoms with E-state index in [1.54, 1.807) is 24.6 Å². The summed E-state index contributed by atoms with van der Waals surface area (Å²) < 4.78 is 0. The number of rotatable bonds is 8. The third kappa shape index (κ3) is 4.63. The molecule has 2 aromatic heterocycles. The minimum absolute atomic E-state index is 0.0710. The van der Waals surface area contributed by atoms with Crippen LogP contribution in [0.3, 0.4) is 0 Å². The molecule has 1 fully saturated rings. The molecule has 12 nitrogen and oxygen atoms in total. The van der Waals surface area contributed by atoms with Crippen LogP contribution in [0.1, 0.15) is 16.6 Å². The minimum atomic E-state index is -1.21. The highest BCUT2D eigenvalue weighted by Crippen LogP contribution is 2.41. The summed E-state index contributed by atoms with van der Waals surface area (Å²) in [5.74, 6) is -1.61. The van der Waals surface area contributed by atoms with Crippen LogP contribution in [0.2, 0.25) is 0 Å². The lowest BCUT2D eigenvalue weighted by Gasteiger charge is -2.49. The monoisotopic (exact) mass is 523 g/mol. The molecule has 2 unspecified atom stereocenters. The molecule has 0 spiro atoms. The molecule has 180 valence electrons. The number of carbonyl (C=O) groups is 4. The van der Waals surface area contributed by atoms with Gasteiger partial charge in [-0.1, -0.05) is 17.8 Å². The molecule has 3 atom stereocenters. The first-order valence-electron chi connectivity index (χ1n) is 9.97. The number of hydrogen-bond donors (Lipinski definition) is 4. The average molecular weight is 524 g/mol. The number of aromatic nitrogens is 3. The topological polar surface area (TPSA) is 173 Å². The number of urea groups is 1. The number of nitrogens with two attached hydrogens (primary N) is 1. The number of carboxylic acid groups (broad SMARTS) is 1. The van der Waals surface area contributed by atoms with Gasteiger partial charge in [0.25, 0.3) is 5.91 Å². The third-order valence-electron chi connectivity index (χ3n) is 5.15. The van der Waals surface area contributed by atoms with Crippen molar-refractivity contribution < 1.29 is 24.3 Å². The number of nitrogens with zero attached hydrogens (tertiary/aromatic N) is 4. The zero-order valence-electron chi connectivity index (χ0n) is 18.0. The third-order valence-corrected chi connectivity index (χ3v) is 8.57. The lowest BCUT2D eigenvalue weighted by molar-refractivity contribution is -0.150. The lowest BCUT2D eigenvalue weighted by Crippen LogP contribution is -2.71. The molecule has 1 saturated heterocycles. The van der Waals surface area contributed by atoms with E-state index >= 15 is 0 Å². The molecular formula is C19H21N7O5S3. The molecule has 4 heterocycles. The van der Waals surface area contributed by atoms with Crippen LogP contribution in [0.5, 0.6) is 0 Å². The smallest absolute Gasteiger partial charge is 0.352 e. The quantitative estimate of drug-likeness (QED) is 0.283. The van der Waals surface area contributed by atoms with Gasteiger partial charge in [-0.2, -0.15) is 9.90 Å². The van der Waals surface area contributed by atoms with E-state index in [2.05, 4.69) is 20.8 Å². The predicted molar refractivity (Wildman–Crippen MR) is 126 cm³/mol. The molecule has 0 aromatic carbocycles. The number of aryl methyl sites for hydroxylation is 2. The number of thiophene rings is 1. The summed E-state index contributed by atoms with van der Waals surface area (Å²) in [5.41, 5.74) is 6.46. The number of fused-ring (bicyclic) bond motifs is 1. The molecule has 2 aliphatic rings. The molecule has 0 saturated carbocycles. The van der Waals surface area contributed by atoms with Crippen LogP contribution in [-0.4, -0.2) is 71.7 Å². The highest BCUT2D eigenvalue weighted by molar-refractivity contribution is 8.01. The Balaban J connectivity index is 1.48. The normalized spacial score (nSPS) is 20.4. The van der Waals surface area contributed by atoms with Gasteiger partial charge in [-0.05, 0) is 23.9 Å². The van der Waals surface area contributed by atoms with Gasteiger partial charge in [0.1, 0.15) is 28.2 Å². The zero-order chi connectivity index (χ0) is 24.6.